The van der Waals surface area contributed by atoms with E-state index in [1.54, 1.807) is 6.20 Å². The number of rotatable bonds is 6. The van der Waals surface area contributed by atoms with Gasteiger partial charge in [-0.05, 0) is 25.0 Å². The number of hydrogen-bond donors (Lipinski definition) is 2. The zero-order chi connectivity index (χ0) is 16.8. The van der Waals surface area contributed by atoms with E-state index in [0.29, 0.717) is 10.9 Å². The van der Waals surface area contributed by atoms with Crippen LogP contribution >= 0.6 is 11.8 Å². The molecule has 1 saturated carbocycles. The van der Waals surface area contributed by atoms with Crippen LogP contribution in [-0.2, 0) is 17.1 Å². The van der Waals surface area contributed by atoms with Crippen molar-refractivity contribution in [3.8, 4) is 0 Å². The molecule has 0 saturated heterocycles. The second kappa shape index (κ2) is 8.14. The van der Waals surface area contributed by atoms with Gasteiger partial charge in [-0.25, -0.2) is 4.68 Å². The quantitative estimate of drug-likeness (QED) is 0.776. The van der Waals surface area contributed by atoms with Gasteiger partial charge in [0.1, 0.15) is 6.54 Å². The summed E-state index contributed by atoms with van der Waals surface area (Å²) >= 11 is 1.45. The van der Waals surface area contributed by atoms with Gasteiger partial charge in [0.2, 0.25) is 17.0 Å². The predicted molar refractivity (Wildman–Crippen MR) is 93.2 cm³/mol. The highest BCUT2D eigenvalue weighted by molar-refractivity contribution is 7.98. The maximum atomic E-state index is 12.1. The molecule has 3 N–H and O–H groups in total. The van der Waals surface area contributed by atoms with Crippen LogP contribution in [0.5, 0.6) is 0 Å². The van der Waals surface area contributed by atoms with Crippen molar-refractivity contribution in [3.05, 3.63) is 30.1 Å². The summed E-state index contributed by atoms with van der Waals surface area (Å²) < 4.78 is 1.46. The van der Waals surface area contributed by atoms with Gasteiger partial charge >= 0.3 is 0 Å². The average molecular weight is 346 g/mol. The molecular weight excluding hydrogens is 324 g/mol. The van der Waals surface area contributed by atoms with Crippen LogP contribution in [-0.4, -0.2) is 31.7 Å². The highest BCUT2D eigenvalue weighted by atomic mass is 32.2. The third-order valence-corrected chi connectivity index (χ3v) is 4.89. The monoisotopic (exact) mass is 346 g/mol. The molecule has 0 aromatic carbocycles. The molecule has 128 valence electrons. The summed E-state index contributed by atoms with van der Waals surface area (Å²) in [6.45, 7) is 0.111. The van der Waals surface area contributed by atoms with Gasteiger partial charge in [-0.1, -0.05) is 37.1 Å². The summed E-state index contributed by atoms with van der Waals surface area (Å²) in [6, 6.07) is 6.06. The zero-order valence-electron chi connectivity index (χ0n) is 13.5. The minimum atomic E-state index is -0.0558. The minimum Gasteiger partial charge on any atom is -0.368 e. The van der Waals surface area contributed by atoms with Crippen LogP contribution < -0.4 is 11.1 Å². The lowest BCUT2D eigenvalue weighted by atomic mass is 9.95. The highest BCUT2D eigenvalue weighted by Crippen LogP contribution is 2.20. The summed E-state index contributed by atoms with van der Waals surface area (Å²) in [5.74, 6) is 0.871. The van der Waals surface area contributed by atoms with E-state index in [2.05, 4.69) is 20.4 Å². The molecule has 0 atom stereocenters. The molecule has 0 unspecified atom stereocenters. The molecule has 3 rings (SSSR count). The summed E-state index contributed by atoms with van der Waals surface area (Å²) in [5, 5.41) is 7.93. The van der Waals surface area contributed by atoms with Crippen molar-refractivity contribution in [1.82, 2.24) is 25.1 Å². The van der Waals surface area contributed by atoms with Crippen LogP contribution in [0.15, 0.2) is 29.6 Å². The lowest BCUT2D eigenvalue weighted by molar-refractivity contribution is -0.122. The SMILES string of the molecule is Nc1nc(SCc2ccccn2)nn1CC(=O)NC1CCCCC1. The smallest absolute Gasteiger partial charge is 0.242 e. The first-order valence-corrected chi connectivity index (χ1v) is 9.21. The molecule has 0 radical (unpaired) electrons. The van der Waals surface area contributed by atoms with Crippen molar-refractivity contribution >= 4 is 23.6 Å². The maximum absolute atomic E-state index is 12.1. The van der Waals surface area contributed by atoms with Crippen molar-refractivity contribution in [1.29, 1.82) is 0 Å². The second-order valence-electron chi connectivity index (χ2n) is 5.92. The van der Waals surface area contributed by atoms with Crippen molar-refractivity contribution < 1.29 is 4.79 Å². The number of thioether (sulfide) groups is 1. The third kappa shape index (κ3) is 4.70. The number of anilines is 1. The number of aromatic nitrogens is 4. The number of carbonyl (C=O) groups excluding carboxylic acids is 1. The van der Waals surface area contributed by atoms with Crippen LogP contribution in [0.2, 0.25) is 0 Å². The molecule has 24 heavy (non-hydrogen) atoms. The first-order valence-electron chi connectivity index (χ1n) is 8.23. The fourth-order valence-corrected chi connectivity index (χ4v) is 3.55. The summed E-state index contributed by atoms with van der Waals surface area (Å²) in [5.41, 5.74) is 6.82. The summed E-state index contributed by atoms with van der Waals surface area (Å²) in [7, 11) is 0. The number of amides is 1. The Morgan fingerprint density at radius 2 is 2.17 bits per heavy atom. The van der Waals surface area contributed by atoms with E-state index in [0.717, 1.165) is 18.5 Å². The number of carbonyl (C=O) groups is 1. The molecule has 2 aromatic rings. The standard InChI is InChI=1S/C16H22N6OS/c17-15-20-16(24-11-13-8-4-5-9-18-13)21-22(15)10-14(23)19-12-6-2-1-3-7-12/h4-5,8-9,12H,1-3,6-7,10-11H2,(H,19,23)(H2,17,20,21). The molecule has 7 nitrogen and oxygen atoms in total. The Hall–Kier alpha value is -2.09. The van der Waals surface area contributed by atoms with Crippen molar-refractivity contribution in [3.63, 3.8) is 0 Å². The lowest BCUT2D eigenvalue weighted by Gasteiger charge is -2.22. The van der Waals surface area contributed by atoms with Crippen molar-refractivity contribution in [2.24, 2.45) is 0 Å². The van der Waals surface area contributed by atoms with Gasteiger partial charge in [-0.15, -0.1) is 5.10 Å². The van der Waals surface area contributed by atoms with Crippen LogP contribution in [0.3, 0.4) is 0 Å². The minimum absolute atomic E-state index is 0.0558. The van der Waals surface area contributed by atoms with Crippen molar-refractivity contribution in [2.45, 2.75) is 55.6 Å². The number of nitrogens with one attached hydrogen (secondary N) is 1. The van der Waals surface area contributed by atoms with Gasteiger partial charge in [0, 0.05) is 18.0 Å². The third-order valence-electron chi connectivity index (χ3n) is 4.02. The number of nitrogens with two attached hydrogens (primary N) is 1. The summed E-state index contributed by atoms with van der Waals surface area (Å²) in [4.78, 5) is 20.6. The van der Waals surface area contributed by atoms with Gasteiger partial charge in [0.25, 0.3) is 0 Å². The largest absolute Gasteiger partial charge is 0.368 e. The average Bonchev–Trinajstić information content (AvgIpc) is 2.94. The summed E-state index contributed by atoms with van der Waals surface area (Å²) in [6.07, 6.45) is 7.51. The van der Waals surface area contributed by atoms with Crippen molar-refractivity contribution in [2.75, 3.05) is 5.73 Å². The Bertz CT molecular complexity index is 668. The molecule has 1 aliphatic rings. The molecular formula is C16H22N6OS. The molecule has 8 heteroatoms. The van der Waals surface area contributed by atoms with Gasteiger partial charge in [-0.3, -0.25) is 9.78 Å². The van der Waals surface area contributed by atoms with Gasteiger partial charge < -0.3 is 11.1 Å². The molecule has 1 aliphatic carbocycles. The topological polar surface area (TPSA) is 98.7 Å². The van der Waals surface area contributed by atoms with Gasteiger partial charge in [0.15, 0.2) is 0 Å². The lowest BCUT2D eigenvalue weighted by Crippen LogP contribution is -2.38. The molecule has 1 fully saturated rings. The Balaban J connectivity index is 1.52. The second-order valence-corrected chi connectivity index (χ2v) is 6.86. The first-order chi connectivity index (χ1) is 11.7. The van der Waals surface area contributed by atoms with E-state index >= 15 is 0 Å². The number of hydrogen-bond acceptors (Lipinski definition) is 6. The number of nitrogens with zero attached hydrogens (tertiary/aromatic N) is 4. The van der Waals surface area contributed by atoms with E-state index in [1.165, 1.54) is 35.7 Å². The fourth-order valence-electron chi connectivity index (χ4n) is 2.79. The Morgan fingerprint density at radius 1 is 1.33 bits per heavy atom. The molecule has 2 heterocycles. The van der Waals surface area contributed by atoms with E-state index < -0.39 is 0 Å². The van der Waals surface area contributed by atoms with Crippen LogP contribution in [0.4, 0.5) is 5.95 Å². The van der Waals surface area contributed by atoms with E-state index in [-0.39, 0.29) is 24.4 Å². The number of pyridine rings is 1. The van der Waals surface area contributed by atoms with Crippen LogP contribution in [0.1, 0.15) is 37.8 Å². The highest BCUT2D eigenvalue weighted by Gasteiger charge is 2.17. The Morgan fingerprint density at radius 3 is 2.92 bits per heavy atom. The fraction of sp³-hybridized carbons (Fsp3) is 0.500. The van der Waals surface area contributed by atoms with E-state index in [1.807, 2.05) is 18.2 Å². The van der Waals surface area contributed by atoms with Crippen LogP contribution in [0, 0.1) is 0 Å². The first kappa shape index (κ1) is 16.8. The molecule has 0 spiro atoms. The Kier molecular flexibility index (Phi) is 5.68. The molecule has 2 aromatic heterocycles. The van der Waals surface area contributed by atoms with Crippen LogP contribution in [0.25, 0.3) is 0 Å². The molecule has 0 bridgehead atoms. The molecule has 1 amide bonds. The zero-order valence-corrected chi connectivity index (χ0v) is 14.3. The number of nitrogen functional groups attached to an aromatic ring is 1. The normalized spacial score (nSPS) is 15.3. The van der Waals surface area contributed by atoms with Gasteiger partial charge in [0.05, 0.1) is 5.69 Å². The van der Waals surface area contributed by atoms with E-state index in [9.17, 15) is 4.79 Å². The van der Waals surface area contributed by atoms with Gasteiger partial charge in [-0.2, -0.15) is 4.98 Å². The predicted octanol–water partition coefficient (Wildman–Crippen LogP) is 2.00. The Labute approximate surface area is 145 Å². The maximum Gasteiger partial charge on any atom is 0.242 e. The molecule has 0 aliphatic heterocycles. The van der Waals surface area contributed by atoms with E-state index in [4.69, 9.17) is 5.73 Å².